The van der Waals surface area contributed by atoms with Crippen LogP contribution in [0.2, 0.25) is 0 Å². The Labute approximate surface area is 156 Å². The molecule has 1 unspecified atom stereocenters. The molecule has 0 radical (unpaired) electrons. The highest BCUT2D eigenvalue weighted by Gasteiger charge is 2.18. The first-order chi connectivity index (χ1) is 13.1. The molecule has 3 aromatic rings. The lowest BCUT2D eigenvalue weighted by atomic mass is 9.91. The van der Waals surface area contributed by atoms with Crippen LogP contribution in [0.1, 0.15) is 42.9 Å². The van der Waals surface area contributed by atoms with Gasteiger partial charge >= 0.3 is 0 Å². The van der Waals surface area contributed by atoms with Crippen molar-refractivity contribution in [2.75, 3.05) is 13.2 Å². The molecule has 0 aliphatic carbocycles. The third-order valence-corrected chi connectivity index (χ3v) is 5.12. The van der Waals surface area contributed by atoms with E-state index in [4.69, 9.17) is 9.47 Å². The molecule has 0 spiro atoms. The standard InChI is InChI=1S/C22H22FNO3/c1-14(16-2-4-21-17(10-16)3-5-22(25)24-21)27-20-12-18(11-19(23)13-20)15-6-8-26-9-7-15/h2-5,10-15H,6-9H2,1H3,(H,24,25). The number of hydrogen-bond donors (Lipinski definition) is 1. The van der Waals surface area contributed by atoms with Crippen LogP contribution in [-0.4, -0.2) is 18.2 Å². The number of aromatic amines is 1. The SMILES string of the molecule is CC(Oc1cc(F)cc(C2CCOCC2)c1)c1ccc2[nH]c(=O)ccc2c1. The quantitative estimate of drug-likeness (QED) is 0.727. The summed E-state index contributed by atoms with van der Waals surface area (Å²) >= 11 is 0. The number of pyridine rings is 1. The van der Waals surface area contributed by atoms with Crippen LogP contribution < -0.4 is 10.3 Å². The second kappa shape index (κ2) is 7.53. The van der Waals surface area contributed by atoms with Crippen LogP contribution in [-0.2, 0) is 4.74 Å². The number of aromatic nitrogens is 1. The smallest absolute Gasteiger partial charge is 0.248 e. The summed E-state index contributed by atoms with van der Waals surface area (Å²) in [6.45, 7) is 3.37. The van der Waals surface area contributed by atoms with E-state index in [-0.39, 0.29) is 17.5 Å². The Hall–Kier alpha value is -2.66. The normalized spacial score (nSPS) is 16.4. The molecule has 1 atom stereocenters. The van der Waals surface area contributed by atoms with Crippen LogP contribution in [0.4, 0.5) is 4.39 Å². The number of rotatable bonds is 4. The molecule has 5 heteroatoms. The molecule has 1 aliphatic heterocycles. The predicted octanol–water partition coefficient (Wildman–Crippen LogP) is 4.70. The third-order valence-electron chi connectivity index (χ3n) is 5.12. The number of nitrogens with one attached hydrogen (secondary N) is 1. The predicted molar refractivity (Wildman–Crippen MR) is 103 cm³/mol. The number of hydrogen-bond acceptors (Lipinski definition) is 3. The maximum atomic E-state index is 14.1. The molecule has 1 saturated heterocycles. The van der Waals surface area contributed by atoms with Crippen molar-refractivity contribution in [3.8, 4) is 5.75 Å². The summed E-state index contributed by atoms with van der Waals surface area (Å²) in [4.78, 5) is 14.2. The molecule has 0 saturated carbocycles. The van der Waals surface area contributed by atoms with E-state index in [1.807, 2.05) is 31.2 Å². The van der Waals surface area contributed by atoms with Crippen molar-refractivity contribution >= 4 is 10.9 Å². The van der Waals surface area contributed by atoms with E-state index in [0.29, 0.717) is 24.9 Å². The highest BCUT2D eigenvalue weighted by molar-refractivity contribution is 5.79. The summed E-state index contributed by atoms with van der Waals surface area (Å²) in [5.74, 6) is 0.562. The molecule has 0 amide bonds. The minimum absolute atomic E-state index is 0.125. The number of fused-ring (bicyclic) bond motifs is 1. The average Bonchev–Trinajstić information content (AvgIpc) is 2.67. The van der Waals surface area contributed by atoms with E-state index in [2.05, 4.69) is 4.98 Å². The van der Waals surface area contributed by atoms with Crippen LogP contribution in [0.3, 0.4) is 0 Å². The van der Waals surface area contributed by atoms with Crippen molar-refractivity contribution in [3.05, 3.63) is 75.8 Å². The number of H-pyrrole nitrogens is 1. The lowest BCUT2D eigenvalue weighted by Crippen LogP contribution is -2.14. The summed E-state index contributed by atoms with van der Waals surface area (Å²) in [5.41, 5.74) is 2.59. The van der Waals surface area contributed by atoms with Gasteiger partial charge in [-0.25, -0.2) is 4.39 Å². The van der Waals surface area contributed by atoms with Gasteiger partial charge in [-0.15, -0.1) is 0 Å². The van der Waals surface area contributed by atoms with E-state index < -0.39 is 0 Å². The zero-order valence-electron chi connectivity index (χ0n) is 15.2. The molecule has 4 rings (SSSR count). The highest BCUT2D eigenvalue weighted by Crippen LogP contribution is 2.32. The van der Waals surface area contributed by atoms with Gasteiger partial charge in [0.25, 0.3) is 0 Å². The Bertz CT molecular complexity index is 1010. The second-order valence-electron chi connectivity index (χ2n) is 7.04. The molecule has 140 valence electrons. The topological polar surface area (TPSA) is 51.3 Å². The summed E-state index contributed by atoms with van der Waals surface area (Å²) in [6, 6.07) is 14.0. The molecule has 2 aromatic carbocycles. The first-order valence-electron chi connectivity index (χ1n) is 9.26. The largest absolute Gasteiger partial charge is 0.486 e. The fourth-order valence-electron chi connectivity index (χ4n) is 3.62. The minimum atomic E-state index is -0.280. The summed E-state index contributed by atoms with van der Waals surface area (Å²) < 4.78 is 25.6. The molecular formula is C22H22FNO3. The Morgan fingerprint density at radius 3 is 2.74 bits per heavy atom. The lowest BCUT2D eigenvalue weighted by molar-refractivity contribution is 0.0851. The summed E-state index contributed by atoms with van der Waals surface area (Å²) in [5, 5.41) is 0.935. The molecule has 1 aliphatic rings. The second-order valence-corrected chi connectivity index (χ2v) is 7.04. The average molecular weight is 367 g/mol. The van der Waals surface area contributed by atoms with Gasteiger partial charge in [0.1, 0.15) is 17.7 Å². The highest BCUT2D eigenvalue weighted by atomic mass is 19.1. The van der Waals surface area contributed by atoms with Crippen LogP contribution in [0.5, 0.6) is 5.75 Å². The van der Waals surface area contributed by atoms with E-state index in [1.54, 1.807) is 12.1 Å². The summed E-state index contributed by atoms with van der Waals surface area (Å²) in [6.07, 6.45) is 1.56. The van der Waals surface area contributed by atoms with E-state index in [1.165, 1.54) is 12.1 Å². The van der Waals surface area contributed by atoms with E-state index in [9.17, 15) is 9.18 Å². The fourth-order valence-corrected chi connectivity index (χ4v) is 3.62. The monoisotopic (exact) mass is 367 g/mol. The van der Waals surface area contributed by atoms with Crippen molar-refractivity contribution in [1.29, 1.82) is 0 Å². The van der Waals surface area contributed by atoms with Gasteiger partial charge in [-0.3, -0.25) is 4.79 Å². The van der Waals surface area contributed by atoms with Crippen molar-refractivity contribution in [1.82, 2.24) is 4.98 Å². The molecule has 4 nitrogen and oxygen atoms in total. The molecule has 0 bridgehead atoms. The van der Waals surface area contributed by atoms with Crippen molar-refractivity contribution < 1.29 is 13.9 Å². The van der Waals surface area contributed by atoms with Crippen LogP contribution in [0, 0.1) is 5.82 Å². The number of benzene rings is 2. The first kappa shape index (κ1) is 17.7. The van der Waals surface area contributed by atoms with Gasteiger partial charge in [0.2, 0.25) is 5.56 Å². The molecule has 1 N–H and O–H groups in total. The molecule has 1 fully saturated rings. The number of ether oxygens (including phenoxy) is 2. The van der Waals surface area contributed by atoms with Crippen LogP contribution in [0.15, 0.2) is 53.3 Å². The van der Waals surface area contributed by atoms with Crippen molar-refractivity contribution in [3.63, 3.8) is 0 Å². The van der Waals surface area contributed by atoms with Gasteiger partial charge in [-0.1, -0.05) is 6.07 Å². The first-order valence-corrected chi connectivity index (χ1v) is 9.26. The van der Waals surface area contributed by atoms with Crippen molar-refractivity contribution in [2.24, 2.45) is 0 Å². The van der Waals surface area contributed by atoms with Gasteiger partial charge in [-0.05, 0) is 72.5 Å². The molecular weight excluding hydrogens is 345 g/mol. The zero-order valence-corrected chi connectivity index (χ0v) is 15.2. The molecule has 27 heavy (non-hydrogen) atoms. The van der Waals surface area contributed by atoms with Crippen LogP contribution in [0.25, 0.3) is 10.9 Å². The summed E-state index contributed by atoms with van der Waals surface area (Å²) in [7, 11) is 0. The van der Waals surface area contributed by atoms with Crippen molar-refractivity contribution in [2.45, 2.75) is 31.8 Å². The van der Waals surface area contributed by atoms with Gasteiger partial charge in [-0.2, -0.15) is 0 Å². The molecule has 1 aromatic heterocycles. The van der Waals surface area contributed by atoms with E-state index >= 15 is 0 Å². The Morgan fingerprint density at radius 1 is 1.11 bits per heavy atom. The Kier molecular flexibility index (Phi) is 4.94. The lowest BCUT2D eigenvalue weighted by Gasteiger charge is -2.23. The zero-order chi connectivity index (χ0) is 18.8. The van der Waals surface area contributed by atoms with Gasteiger partial charge in [0.15, 0.2) is 0 Å². The van der Waals surface area contributed by atoms with E-state index in [0.717, 1.165) is 34.9 Å². The van der Waals surface area contributed by atoms with Gasteiger partial charge in [0, 0.05) is 30.9 Å². The maximum Gasteiger partial charge on any atom is 0.248 e. The van der Waals surface area contributed by atoms with Gasteiger partial charge in [0.05, 0.1) is 0 Å². The Morgan fingerprint density at radius 2 is 1.93 bits per heavy atom. The van der Waals surface area contributed by atoms with Gasteiger partial charge < -0.3 is 14.5 Å². The Balaban J connectivity index is 1.57. The minimum Gasteiger partial charge on any atom is -0.486 e. The van der Waals surface area contributed by atoms with Crippen LogP contribution >= 0.6 is 0 Å². The maximum absolute atomic E-state index is 14.1. The third kappa shape index (κ3) is 4.03. The number of halogens is 1. The molecule has 2 heterocycles. The fraction of sp³-hybridized carbons (Fsp3) is 0.318.